The minimum Gasteiger partial charge on any atom is -0.494 e. The molecule has 0 saturated carbocycles. The van der Waals surface area contributed by atoms with Crippen molar-refractivity contribution in [2.75, 3.05) is 17.7 Å². The fraction of sp³-hybridized carbons (Fsp3) is 0.0952. The highest BCUT2D eigenvalue weighted by Crippen LogP contribution is 2.30. The van der Waals surface area contributed by atoms with Crippen LogP contribution in [0.15, 0.2) is 72.9 Å². The molecule has 0 unspecified atom stereocenters. The summed E-state index contributed by atoms with van der Waals surface area (Å²) in [5, 5.41) is 7.47. The Balaban J connectivity index is 1.73. The van der Waals surface area contributed by atoms with Crippen LogP contribution in [0.1, 0.15) is 5.56 Å². The maximum Gasteiger partial charge on any atom is 0.231 e. The molecule has 0 aliphatic carbocycles. The zero-order chi connectivity index (χ0) is 18.5. The number of aromatic nitrogens is 3. The topological polar surface area (TPSA) is 72.0 Å². The lowest BCUT2D eigenvalue weighted by Crippen LogP contribution is -2.06. The van der Waals surface area contributed by atoms with E-state index in [1.807, 2.05) is 54.6 Å². The Kier molecular flexibility index (Phi) is 4.78. The van der Waals surface area contributed by atoms with Gasteiger partial charge in [0.25, 0.3) is 0 Å². The van der Waals surface area contributed by atoms with Crippen molar-refractivity contribution in [2.45, 2.75) is 6.54 Å². The first-order valence-electron chi connectivity index (χ1n) is 8.64. The molecule has 0 atom stereocenters. The van der Waals surface area contributed by atoms with Crippen LogP contribution in [-0.2, 0) is 6.54 Å². The van der Waals surface area contributed by atoms with Gasteiger partial charge < -0.3 is 15.4 Å². The Morgan fingerprint density at radius 2 is 1.74 bits per heavy atom. The third kappa shape index (κ3) is 3.79. The molecule has 0 bridgehead atoms. The van der Waals surface area contributed by atoms with Gasteiger partial charge in [-0.3, -0.25) is 0 Å². The normalized spacial score (nSPS) is 10.6. The summed E-state index contributed by atoms with van der Waals surface area (Å²) >= 11 is 0. The molecule has 4 rings (SSSR count). The molecule has 134 valence electrons. The summed E-state index contributed by atoms with van der Waals surface area (Å²) in [6, 6.07) is 21.6. The molecule has 0 spiro atoms. The monoisotopic (exact) mass is 357 g/mol. The van der Waals surface area contributed by atoms with Crippen molar-refractivity contribution in [3.05, 3.63) is 78.5 Å². The number of hydrogen-bond acceptors (Lipinski definition) is 6. The van der Waals surface area contributed by atoms with Crippen LogP contribution in [-0.4, -0.2) is 22.1 Å². The van der Waals surface area contributed by atoms with E-state index in [0.29, 0.717) is 24.1 Å². The standard InChI is InChI=1S/C21H19N5O/c1-27-17-11-7-10-16-19(17)25-21(24-18-12-5-6-13-22-18)26-20(16)23-14-15-8-3-2-4-9-15/h2-13H,14H2,1H3,(H2,22,23,24,25,26). The first-order valence-corrected chi connectivity index (χ1v) is 8.64. The highest BCUT2D eigenvalue weighted by atomic mass is 16.5. The lowest BCUT2D eigenvalue weighted by atomic mass is 10.2. The molecular weight excluding hydrogens is 338 g/mol. The van der Waals surface area contributed by atoms with Crippen LogP contribution < -0.4 is 15.4 Å². The van der Waals surface area contributed by atoms with Crippen LogP contribution >= 0.6 is 0 Å². The first kappa shape index (κ1) is 16.8. The van der Waals surface area contributed by atoms with Gasteiger partial charge in [-0.2, -0.15) is 4.98 Å². The molecule has 2 aromatic heterocycles. The number of para-hydroxylation sites is 1. The second kappa shape index (κ2) is 7.70. The summed E-state index contributed by atoms with van der Waals surface area (Å²) in [5.74, 6) is 2.57. The summed E-state index contributed by atoms with van der Waals surface area (Å²) in [5.41, 5.74) is 1.91. The number of ether oxygens (including phenoxy) is 1. The fourth-order valence-electron chi connectivity index (χ4n) is 2.81. The molecule has 2 heterocycles. The lowest BCUT2D eigenvalue weighted by Gasteiger charge is -2.13. The molecular formula is C21H19N5O. The smallest absolute Gasteiger partial charge is 0.231 e. The van der Waals surface area contributed by atoms with Crippen molar-refractivity contribution >= 4 is 28.5 Å². The van der Waals surface area contributed by atoms with E-state index in [1.165, 1.54) is 5.56 Å². The molecule has 0 saturated heterocycles. The lowest BCUT2D eigenvalue weighted by molar-refractivity contribution is 0.419. The third-order valence-corrected chi connectivity index (χ3v) is 4.12. The predicted octanol–water partition coefficient (Wildman–Crippen LogP) is 4.39. The molecule has 0 amide bonds. The molecule has 6 heteroatoms. The summed E-state index contributed by atoms with van der Waals surface area (Å²) in [4.78, 5) is 13.6. The summed E-state index contributed by atoms with van der Waals surface area (Å²) in [7, 11) is 1.64. The largest absolute Gasteiger partial charge is 0.494 e. The molecule has 2 aromatic carbocycles. The molecule has 0 radical (unpaired) electrons. The molecule has 6 nitrogen and oxygen atoms in total. The molecule has 0 aliphatic rings. The van der Waals surface area contributed by atoms with E-state index in [4.69, 9.17) is 4.74 Å². The Morgan fingerprint density at radius 1 is 0.889 bits per heavy atom. The minimum absolute atomic E-state index is 0.460. The summed E-state index contributed by atoms with van der Waals surface area (Å²) in [6.07, 6.45) is 1.72. The minimum atomic E-state index is 0.460. The summed E-state index contributed by atoms with van der Waals surface area (Å²) in [6.45, 7) is 0.660. The Morgan fingerprint density at radius 3 is 2.52 bits per heavy atom. The average Bonchev–Trinajstić information content (AvgIpc) is 2.73. The van der Waals surface area contributed by atoms with Gasteiger partial charge in [0.2, 0.25) is 5.95 Å². The number of fused-ring (bicyclic) bond motifs is 1. The van der Waals surface area contributed by atoms with E-state index in [2.05, 4.69) is 37.7 Å². The number of methoxy groups -OCH3 is 1. The van der Waals surface area contributed by atoms with Crippen molar-refractivity contribution in [3.8, 4) is 5.75 Å². The number of rotatable bonds is 6. The van der Waals surface area contributed by atoms with E-state index in [9.17, 15) is 0 Å². The molecule has 27 heavy (non-hydrogen) atoms. The number of hydrogen-bond donors (Lipinski definition) is 2. The van der Waals surface area contributed by atoms with Crippen LogP contribution in [0.25, 0.3) is 10.9 Å². The van der Waals surface area contributed by atoms with Gasteiger partial charge in [-0.1, -0.05) is 42.5 Å². The zero-order valence-electron chi connectivity index (χ0n) is 14.9. The van der Waals surface area contributed by atoms with E-state index in [-0.39, 0.29) is 0 Å². The van der Waals surface area contributed by atoms with Crippen molar-refractivity contribution in [1.82, 2.24) is 15.0 Å². The number of pyridine rings is 1. The molecule has 4 aromatic rings. The predicted molar refractivity (Wildman–Crippen MR) is 107 cm³/mol. The molecule has 0 fully saturated rings. The van der Waals surface area contributed by atoms with Gasteiger partial charge in [-0.05, 0) is 29.8 Å². The molecule has 0 aliphatic heterocycles. The van der Waals surface area contributed by atoms with Crippen LogP contribution in [0.2, 0.25) is 0 Å². The third-order valence-electron chi connectivity index (χ3n) is 4.12. The second-order valence-electron chi connectivity index (χ2n) is 5.93. The van der Waals surface area contributed by atoms with Crippen LogP contribution in [0.3, 0.4) is 0 Å². The van der Waals surface area contributed by atoms with E-state index < -0.39 is 0 Å². The highest BCUT2D eigenvalue weighted by molar-refractivity contribution is 5.94. The summed E-state index contributed by atoms with van der Waals surface area (Å²) < 4.78 is 5.49. The maximum atomic E-state index is 5.49. The maximum absolute atomic E-state index is 5.49. The van der Waals surface area contributed by atoms with Crippen LogP contribution in [0, 0.1) is 0 Å². The fourth-order valence-corrected chi connectivity index (χ4v) is 2.81. The SMILES string of the molecule is COc1cccc2c(NCc3ccccc3)nc(Nc3ccccn3)nc12. The van der Waals surface area contributed by atoms with Crippen molar-refractivity contribution < 1.29 is 4.74 Å². The van der Waals surface area contributed by atoms with Gasteiger partial charge in [0.05, 0.1) is 7.11 Å². The van der Waals surface area contributed by atoms with E-state index >= 15 is 0 Å². The van der Waals surface area contributed by atoms with Crippen molar-refractivity contribution in [3.63, 3.8) is 0 Å². The van der Waals surface area contributed by atoms with Gasteiger partial charge in [0.15, 0.2) is 0 Å². The van der Waals surface area contributed by atoms with E-state index in [0.717, 1.165) is 16.7 Å². The highest BCUT2D eigenvalue weighted by Gasteiger charge is 2.12. The molecule has 2 N–H and O–H groups in total. The average molecular weight is 357 g/mol. The second-order valence-corrected chi connectivity index (χ2v) is 5.93. The van der Waals surface area contributed by atoms with Crippen LogP contribution in [0.5, 0.6) is 5.75 Å². The number of anilines is 3. The number of nitrogens with zero attached hydrogens (tertiary/aromatic N) is 3. The van der Waals surface area contributed by atoms with Crippen LogP contribution in [0.4, 0.5) is 17.6 Å². The quantitative estimate of drug-likeness (QED) is 0.533. The zero-order valence-corrected chi connectivity index (χ0v) is 14.9. The van der Waals surface area contributed by atoms with Crippen molar-refractivity contribution in [1.29, 1.82) is 0 Å². The van der Waals surface area contributed by atoms with Crippen molar-refractivity contribution in [2.24, 2.45) is 0 Å². The number of nitrogens with one attached hydrogen (secondary N) is 2. The van der Waals surface area contributed by atoms with E-state index in [1.54, 1.807) is 13.3 Å². The Bertz CT molecular complexity index is 1040. The Labute approximate surface area is 157 Å². The van der Waals surface area contributed by atoms with Gasteiger partial charge >= 0.3 is 0 Å². The van der Waals surface area contributed by atoms with Gasteiger partial charge in [-0.15, -0.1) is 0 Å². The first-order chi connectivity index (χ1) is 13.3. The van der Waals surface area contributed by atoms with Gasteiger partial charge in [-0.25, -0.2) is 9.97 Å². The van der Waals surface area contributed by atoms with Gasteiger partial charge in [0.1, 0.15) is 22.9 Å². The number of benzene rings is 2. The Hall–Kier alpha value is -3.67. The van der Waals surface area contributed by atoms with Gasteiger partial charge in [0, 0.05) is 18.1 Å².